The smallest absolute Gasteiger partial charge is 0.234 e. The van der Waals surface area contributed by atoms with E-state index < -0.39 is 0 Å². The van der Waals surface area contributed by atoms with E-state index in [0.717, 1.165) is 70.4 Å². The number of aromatic nitrogens is 2. The van der Waals surface area contributed by atoms with E-state index in [1.54, 1.807) is 7.11 Å². The number of methoxy groups -OCH3 is 1. The standard InChI is InChI=1S/C20H37N7O2.HI/c1-4-21-20(24-7-5-6-10-26-11-8-22-18(26)2)27-14-12-25(13-15-27)17-19(28)23-9-16-29-3;/h8,11H,4-7,9-10,12-17H2,1-3H3,(H,21,24)(H,23,28);1H. The third kappa shape index (κ3) is 9.61. The lowest BCUT2D eigenvalue weighted by Gasteiger charge is -2.36. The number of nitrogens with one attached hydrogen (secondary N) is 2. The Morgan fingerprint density at radius 3 is 2.63 bits per heavy atom. The third-order valence-corrected chi connectivity index (χ3v) is 4.99. The predicted octanol–water partition coefficient (Wildman–Crippen LogP) is 0.935. The molecular formula is C20H38IN7O2. The number of halogens is 1. The average Bonchev–Trinajstić information content (AvgIpc) is 3.12. The summed E-state index contributed by atoms with van der Waals surface area (Å²) in [5.74, 6) is 2.10. The van der Waals surface area contributed by atoms with Gasteiger partial charge in [0.15, 0.2) is 5.96 Å². The molecule has 0 aromatic carbocycles. The highest BCUT2D eigenvalue weighted by Gasteiger charge is 2.20. The summed E-state index contributed by atoms with van der Waals surface area (Å²) >= 11 is 0. The zero-order valence-corrected chi connectivity index (χ0v) is 20.9. The first-order valence-electron chi connectivity index (χ1n) is 10.6. The SMILES string of the molecule is CCNC(=NCCCCn1ccnc1C)N1CCN(CC(=O)NCCOC)CC1.I. The van der Waals surface area contributed by atoms with Gasteiger partial charge in [-0.1, -0.05) is 0 Å². The molecule has 9 nitrogen and oxygen atoms in total. The van der Waals surface area contributed by atoms with Crippen LogP contribution in [0.15, 0.2) is 17.4 Å². The fraction of sp³-hybridized carbons (Fsp3) is 0.750. The number of aliphatic imine (C=N–C) groups is 1. The van der Waals surface area contributed by atoms with Crippen molar-refractivity contribution < 1.29 is 9.53 Å². The van der Waals surface area contributed by atoms with Crippen LogP contribution in [0.5, 0.6) is 0 Å². The summed E-state index contributed by atoms with van der Waals surface area (Å²) in [4.78, 5) is 25.5. The van der Waals surface area contributed by atoms with Crippen LogP contribution < -0.4 is 10.6 Å². The minimum absolute atomic E-state index is 0. The number of aryl methyl sites for hydroxylation is 2. The van der Waals surface area contributed by atoms with Crippen molar-refractivity contribution in [2.24, 2.45) is 4.99 Å². The van der Waals surface area contributed by atoms with Crippen LogP contribution in [0.3, 0.4) is 0 Å². The van der Waals surface area contributed by atoms with Crippen molar-refractivity contribution in [1.82, 2.24) is 30.0 Å². The maximum absolute atomic E-state index is 11.9. The Morgan fingerprint density at radius 2 is 2.00 bits per heavy atom. The molecule has 0 atom stereocenters. The molecule has 1 aromatic heterocycles. The second kappa shape index (κ2) is 15.4. The topological polar surface area (TPSA) is 87.0 Å². The number of unbranched alkanes of at least 4 members (excludes halogenated alkanes) is 1. The second-order valence-corrected chi connectivity index (χ2v) is 7.22. The largest absolute Gasteiger partial charge is 0.383 e. The van der Waals surface area contributed by atoms with Crippen LogP contribution >= 0.6 is 24.0 Å². The van der Waals surface area contributed by atoms with Gasteiger partial charge in [-0.05, 0) is 26.7 Å². The van der Waals surface area contributed by atoms with E-state index in [0.29, 0.717) is 19.7 Å². The minimum atomic E-state index is 0. The summed E-state index contributed by atoms with van der Waals surface area (Å²) in [7, 11) is 1.63. The lowest BCUT2D eigenvalue weighted by atomic mass is 10.3. The van der Waals surface area contributed by atoms with E-state index >= 15 is 0 Å². The number of ether oxygens (including phenoxy) is 1. The molecule has 2 N–H and O–H groups in total. The van der Waals surface area contributed by atoms with Crippen molar-refractivity contribution in [3.8, 4) is 0 Å². The van der Waals surface area contributed by atoms with E-state index in [9.17, 15) is 4.79 Å². The molecule has 1 saturated heterocycles. The lowest BCUT2D eigenvalue weighted by Crippen LogP contribution is -2.54. The molecule has 0 unspecified atom stereocenters. The number of hydrogen-bond acceptors (Lipinski definition) is 5. The van der Waals surface area contributed by atoms with Gasteiger partial charge in [0.25, 0.3) is 0 Å². The number of hydrogen-bond donors (Lipinski definition) is 2. The molecule has 2 rings (SSSR count). The van der Waals surface area contributed by atoms with Crippen molar-refractivity contribution in [2.75, 3.05) is 66.1 Å². The molecule has 30 heavy (non-hydrogen) atoms. The van der Waals surface area contributed by atoms with E-state index in [-0.39, 0.29) is 29.9 Å². The van der Waals surface area contributed by atoms with E-state index in [1.165, 1.54) is 0 Å². The number of piperazine rings is 1. The fourth-order valence-electron chi connectivity index (χ4n) is 3.31. The second-order valence-electron chi connectivity index (χ2n) is 7.22. The molecule has 1 aliphatic rings. The Hall–Kier alpha value is -1.40. The van der Waals surface area contributed by atoms with Crippen molar-refractivity contribution >= 4 is 35.8 Å². The summed E-state index contributed by atoms with van der Waals surface area (Å²) in [6.45, 7) is 11.8. The molecule has 0 aliphatic carbocycles. The summed E-state index contributed by atoms with van der Waals surface area (Å²) in [6.07, 6.45) is 6.01. The fourth-order valence-corrected chi connectivity index (χ4v) is 3.31. The molecule has 0 spiro atoms. The van der Waals surface area contributed by atoms with Gasteiger partial charge in [-0.15, -0.1) is 24.0 Å². The highest BCUT2D eigenvalue weighted by atomic mass is 127. The van der Waals surface area contributed by atoms with Crippen LogP contribution in [0, 0.1) is 6.92 Å². The van der Waals surface area contributed by atoms with Crippen LogP contribution in [-0.2, 0) is 16.1 Å². The summed E-state index contributed by atoms with van der Waals surface area (Å²) in [6, 6.07) is 0. The third-order valence-electron chi connectivity index (χ3n) is 4.99. The highest BCUT2D eigenvalue weighted by molar-refractivity contribution is 14.0. The van der Waals surface area contributed by atoms with E-state index in [4.69, 9.17) is 9.73 Å². The molecule has 0 radical (unpaired) electrons. The summed E-state index contributed by atoms with van der Waals surface area (Å²) in [5, 5.41) is 6.28. The Labute approximate surface area is 197 Å². The Kier molecular flexibility index (Phi) is 13.7. The minimum Gasteiger partial charge on any atom is -0.383 e. The number of amides is 1. The first-order valence-corrected chi connectivity index (χ1v) is 10.6. The molecule has 0 saturated carbocycles. The van der Waals surface area contributed by atoms with Gasteiger partial charge in [0.1, 0.15) is 5.82 Å². The van der Waals surface area contributed by atoms with Gasteiger partial charge < -0.3 is 24.8 Å². The van der Waals surface area contributed by atoms with Crippen LogP contribution in [0.25, 0.3) is 0 Å². The highest BCUT2D eigenvalue weighted by Crippen LogP contribution is 2.04. The van der Waals surface area contributed by atoms with Crippen LogP contribution in [0.4, 0.5) is 0 Å². The number of carbonyl (C=O) groups is 1. The van der Waals surface area contributed by atoms with Crippen molar-refractivity contribution in [3.63, 3.8) is 0 Å². The predicted molar refractivity (Wildman–Crippen MR) is 130 cm³/mol. The Morgan fingerprint density at radius 1 is 1.23 bits per heavy atom. The molecule has 1 aliphatic heterocycles. The van der Waals surface area contributed by atoms with Gasteiger partial charge in [0, 0.05) is 71.9 Å². The molecule has 2 heterocycles. The van der Waals surface area contributed by atoms with Crippen molar-refractivity contribution in [3.05, 3.63) is 18.2 Å². The van der Waals surface area contributed by atoms with Gasteiger partial charge in [-0.25, -0.2) is 4.98 Å². The molecule has 10 heteroatoms. The van der Waals surface area contributed by atoms with Gasteiger partial charge in [0.2, 0.25) is 5.91 Å². The summed E-state index contributed by atoms with van der Waals surface area (Å²) < 4.78 is 7.14. The first kappa shape index (κ1) is 26.6. The van der Waals surface area contributed by atoms with Gasteiger partial charge >= 0.3 is 0 Å². The number of nitrogens with zero attached hydrogens (tertiary/aromatic N) is 5. The van der Waals surface area contributed by atoms with Crippen LogP contribution in [-0.4, -0.2) is 97.3 Å². The molecule has 1 fully saturated rings. The Bertz CT molecular complexity index is 630. The zero-order valence-electron chi connectivity index (χ0n) is 18.6. The Balaban J connectivity index is 0.00000450. The maximum Gasteiger partial charge on any atom is 0.234 e. The number of rotatable bonds is 11. The quantitative estimate of drug-likeness (QED) is 0.190. The molecule has 1 amide bonds. The molecule has 0 bridgehead atoms. The normalized spacial score (nSPS) is 15.0. The average molecular weight is 535 g/mol. The monoisotopic (exact) mass is 535 g/mol. The maximum atomic E-state index is 11.9. The van der Waals surface area contributed by atoms with Gasteiger partial charge in [0.05, 0.1) is 13.2 Å². The van der Waals surface area contributed by atoms with E-state index in [1.807, 2.05) is 19.3 Å². The van der Waals surface area contributed by atoms with Crippen molar-refractivity contribution in [2.45, 2.75) is 33.2 Å². The van der Waals surface area contributed by atoms with Gasteiger partial charge in [-0.3, -0.25) is 14.7 Å². The zero-order chi connectivity index (χ0) is 20.9. The number of imidazole rings is 1. The summed E-state index contributed by atoms with van der Waals surface area (Å²) in [5.41, 5.74) is 0. The molecule has 1 aromatic rings. The van der Waals surface area contributed by atoms with Crippen LogP contribution in [0.2, 0.25) is 0 Å². The molecule has 172 valence electrons. The lowest BCUT2D eigenvalue weighted by molar-refractivity contribution is -0.122. The van der Waals surface area contributed by atoms with Gasteiger partial charge in [-0.2, -0.15) is 0 Å². The molecular weight excluding hydrogens is 497 g/mol. The van der Waals surface area contributed by atoms with Crippen LogP contribution in [0.1, 0.15) is 25.6 Å². The number of carbonyl (C=O) groups excluding carboxylic acids is 1. The first-order chi connectivity index (χ1) is 14.1. The van der Waals surface area contributed by atoms with Crippen molar-refractivity contribution in [1.29, 1.82) is 0 Å². The van der Waals surface area contributed by atoms with E-state index in [2.05, 4.69) is 36.9 Å². The number of guanidine groups is 1.